The van der Waals surface area contributed by atoms with E-state index in [-0.39, 0.29) is 0 Å². The Balaban J connectivity index is 2.38. The van der Waals surface area contributed by atoms with Crippen molar-refractivity contribution >= 4 is 17.3 Å². The van der Waals surface area contributed by atoms with E-state index in [1.165, 1.54) is 12.8 Å². The van der Waals surface area contributed by atoms with Gasteiger partial charge in [0.1, 0.15) is 0 Å². The zero-order valence-electron chi connectivity index (χ0n) is 11.0. The van der Waals surface area contributed by atoms with Crippen molar-refractivity contribution in [2.45, 2.75) is 32.7 Å². The summed E-state index contributed by atoms with van der Waals surface area (Å²) in [6.07, 6.45) is 2.53. The molecule has 16 heavy (non-hydrogen) atoms. The summed E-state index contributed by atoms with van der Waals surface area (Å²) in [5.41, 5.74) is 0. The topological polar surface area (TPSA) is 18.5 Å². The molecule has 1 aliphatic rings. The van der Waals surface area contributed by atoms with E-state index < -0.39 is 0 Å². The molecule has 94 valence electrons. The van der Waals surface area contributed by atoms with Gasteiger partial charge in [-0.2, -0.15) is 0 Å². The molecule has 0 radical (unpaired) electrons. The van der Waals surface area contributed by atoms with E-state index in [1.54, 1.807) is 0 Å². The SMILES string of the molecule is CC(C)CNC(=S)N1CCCC(N(C)C)C1. The maximum Gasteiger partial charge on any atom is 0.168 e. The van der Waals surface area contributed by atoms with Crippen LogP contribution in [0.5, 0.6) is 0 Å². The lowest BCUT2D eigenvalue weighted by Crippen LogP contribution is -2.51. The van der Waals surface area contributed by atoms with Crippen LogP contribution in [0.3, 0.4) is 0 Å². The van der Waals surface area contributed by atoms with Crippen molar-refractivity contribution in [1.29, 1.82) is 0 Å². The molecule has 1 N–H and O–H groups in total. The van der Waals surface area contributed by atoms with Gasteiger partial charge in [-0.25, -0.2) is 0 Å². The van der Waals surface area contributed by atoms with Crippen molar-refractivity contribution in [3.8, 4) is 0 Å². The van der Waals surface area contributed by atoms with Crippen molar-refractivity contribution in [3.05, 3.63) is 0 Å². The molecule has 4 heteroatoms. The van der Waals surface area contributed by atoms with Crippen LogP contribution in [-0.2, 0) is 0 Å². The average Bonchev–Trinajstić information content (AvgIpc) is 2.26. The number of piperidine rings is 1. The van der Waals surface area contributed by atoms with Crippen LogP contribution in [0.4, 0.5) is 0 Å². The molecule has 3 nitrogen and oxygen atoms in total. The summed E-state index contributed by atoms with van der Waals surface area (Å²) >= 11 is 5.43. The summed E-state index contributed by atoms with van der Waals surface area (Å²) < 4.78 is 0. The fraction of sp³-hybridized carbons (Fsp3) is 0.917. The van der Waals surface area contributed by atoms with E-state index in [4.69, 9.17) is 12.2 Å². The van der Waals surface area contributed by atoms with Gasteiger partial charge in [-0.15, -0.1) is 0 Å². The van der Waals surface area contributed by atoms with E-state index in [1.807, 2.05) is 0 Å². The highest BCUT2D eigenvalue weighted by Gasteiger charge is 2.22. The zero-order valence-corrected chi connectivity index (χ0v) is 11.8. The summed E-state index contributed by atoms with van der Waals surface area (Å²) in [7, 11) is 4.30. The Morgan fingerprint density at radius 3 is 2.75 bits per heavy atom. The van der Waals surface area contributed by atoms with Crippen molar-refractivity contribution in [1.82, 2.24) is 15.1 Å². The Morgan fingerprint density at radius 1 is 1.50 bits per heavy atom. The van der Waals surface area contributed by atoms with Crippen LogP contribution in [0.1, 0.15) is 26.7 Å². The van der Waals surface area contributed by atoms with E-state index in [9.17, 15) is 0 Å². The van der Waals surface area contributed by atoms with Crippen LogP contribution in [0.15, 0.2) is 0 Å². The van der Waals surface area contributed by atoms with Gasteiger partial charge in [-0.3, -0.25) is 0 Å². The first-order valence-electron chi connectivity index (χ1n) is 6.20. The molecule has 1 aliphatic heterocycles. The minimum atomic E-state index is 0.646. The van der Waals surface area contributed by atoms with Crippen LogP contribution >= 0.6 is 12.2 Å². The Kier molecular flexibility index (Phi) is 5.49. The number of hydrogen-bond donors (Lipinski definition) is 1. The highest BCUT2D eigenvalue weighted by molar-refractivity contribution is 7.80. The van der Waals surface area contributed by atoms with E-state index in [0.717, 1.165) is 24.7 Å². The predicted octanol–water partition coefficient (Wildman–Crippen LogP) is 1.54. The lowest BCUT2D eigenvalue weighted by atomic mass is 10.1. The quantitative estimate of drug-likeness (QED) is 0.758. The fourth-order valence-corrected chi connectivity index (χ4v) is 2.21. The van der Waals surface area contributed by atoms with Crippen LogP contribution < -0.4 is 5.32 Å². The fourth-order valence-electron chi connectivity index (χ4n) is 1.96. The Bertz CT molecular complexity index is 228. The molecule has 0 aromatic carbocycles. The number of hydrogen-bond acceptors (Lipinski definition) is 2. The molecule has 1 saturated heterocycles. The Labute approximate surface area is 105 Å². The van der Waals surface area contributed by atoms with Gasteiger partial charge in [-0.05, 0) is 45.1 Å². The van der Waals surface area contributed by atoms with Crippen molar-refractivity contribution in [2.24, 2.45) is 5.92 Å². The second kappa shape index (κ2) is 6.40. The molecule has 0 bridgehead atoms. The highest BCUT2D eigenvalue weighted by Crippen LogP contribution is 2.13. The maximum atomic E-state index is 5.43. The number of nitrogens with zero attached hydrogens (tertiary/aromatic N) is 2. The molecule has 0 amide bonds. The first-order chi connectivity index (χ1) is 7.50. The summed E-state index contributed by atoms with van der Waals surface area (Å²) in [5, 5.41) is 4.28. The smallest absolute Gasteiger partial charge is 0.168 e. The normalized spacial score (nSPS) is 21.6. The van der Waals surface area contributed by atoms with E-state index in [0.29, 0.717) is 12.0 Å². The van der Waals surface area contributed by atoms with Gasteiger partial charge in [-0.1, -0.05) is 13.8 Å². The summed E-state index contributed by atoms with van der Waals surface area (Å²) in [5.74, 6) is 0.646. The molecule has 0 spiro atoms. The largest absolute Gasteiger partial charge is 0.362 e. The van der Waals surface area contributed by atoms with Crippen LogP contribution in [0, 0.1) is 5.92 Å². The predicted molar refractivity (Wildman–Crippen MR) is 73.7 cm³/mol. The third-order valence-electron chi connectivity index (χ3n) is 3.08. The molecule has 0 aliphatic carbocycles. The molecule has 0 aromatic heterocycles. The lowest BCUT2D eigenvalue weighted by molar-refractivity contribution is 0.183. The Hall–Kier alpha value is -0.350. The first-order valence-corrected chi connectivity index (χ1v) is 6.60. The monoisotopic (exact) mass is 243 g/mol. The standard InChI is InChI=1S/C12H25N3S/c1-10(2)8-13-12(16)15-7-5-6-11(9-15)14(3)4/h10-11H,5-9H2,1-4H3,(H,13,16). The average molecular weight is 243 g/mol. The molecular weight excluding hydrogens is 218 g/mol. The third-order valence-corrected chi connectivity index (χ3v) is 3.48. The molecule has 1 fully saturated rings. The zero-order chi connectivity index (χ0) is 12.1. The minimum Gasteiger partial charge on any atom is -0.362 e. The maximum absolute atomic E-state index is 5.43. The van der Waals surface area contributed by atoms with Crippen LogP contribution in [0.25, 0.3) is 0 Å². The second-order valence-electron chi connectivity index (χ2n) is 5.29. The molecule has 0 saturated carbocycles. The number of likely N-dealkylation sites (tertiary alicyclic amines) is 1. The first kappa shape index (κ1) is 13.7. The molecule has 1 atom stereocenters. The van der Waals surface area contributed by atoms with Gasteiger partial charge in [0, 0.05) is 25.7 Å². The number of likely N-dealkylation sites (N-methyl/N-ethyl adjacent to an activating group) is 1. The van der Waals surface area contributed by atoms with E-state index in [2.05, 4.69) is 43.1 Å². The van der Waals surface area contributed by atoms with Gasteiger partial charge < -0.3 is 15.1 Å². The molecular formula is C12H25N3S. The molecule has 0 aromatic rings. The molecule has 1 unspecified atom stereocenters. The minimum absolute atomic E-state index is 0.646. The highest BCUT2D eigenvalue weighted by atomic mass is 32.1. The van der Waals surface area contributed by atoms with E-state index >= 15 is 0 Å². The lowest BCUT2D eigenvalue weighted by Gasteiger charge is -2.37. The summed E-state index contributed by atoms with van der Waals surface area (Å²) in [6, 6.07) is 0.646. The number of nitrogens with one attached hydrogen (secondary N) is 1. The molecule has 1 rings (SSSR count). The summed E-state index contributed by atoms with van der Waals surface area (Å²) in [4.78, 5) is 4.61. The van der Waals surface area contributed by atoms with Crippen LogP contribution in [-0.4, -0.2) is 54.7 Å². The second-order valence-corrected chi connectivity index (χ2v) is 5.67. The molecule has 1 heterocycles. The summed E-state index contributed by atoms with van der Waals surface area (Å²) in [6.45, 7) is 7.55. The number of rotatable bonds is 3. The van der Waals surface area contributed by atoms with Gasteiger partial charge in [0.15, 0.2) is 5.11 Å². The van der Waals surface area contributed by atoms with Crippen molar-refractivity contribution in [2.75, 3.05) is 33.7 Å². The van der Waals surface area contributed by atoms with Crippen LogP contribution in [0.2, 0.25) is 0 Å². The van der Waals surface area contributed by atoms with Crippen molar-refractivity contribution in [3.63, 3.8) is 0 Å². The van der Waals surface area contributed by atoms with Gasteiger partial charge >= 0.3 is 0 Å². The van der Waals surface area contributed by atoms with Gasteiger partial charge in [0.2, 0.25) is 0 Å². The number of thiocarbonyl (C=S) groups is 1. The van der Waals surface area contributed by atoms with Gasteiger partial charge in [0.05, 0.1) is 0 Å². The van der Waals surface area contributed by atoms with Crippen molar-refractivity contribution < 1.29 is 0 Å². The Morgan fingerprint density at radius 2 is 2.19 bits per heavy atom. The van der Waals surface area contributed by atoms with Gasteiger partial charge in [0.25, 0.3) is 0 Å². The third kappa shape index (κ3) is 4.26.